The van der Waals surface area contributed by atoms with Crippen molar-refractivity contribution < 1.29 is 4.39 Å². The van der Waals surface area contributed by atoms with Crippen molar-refractivity contribution in [1.82, 2.24) is 20.2 Å². The number of hydrogen-bond acceptors (Lipinski definition) is 4. The first-order chi connectivity index (χ1) is 10.1. The summed E-state index contributed by atoms with van der Waals surface area (Å²) in [5.74, 6) is -0.0241. The summed E-state index contributed by atoms with van der Waals surface area (Å²) in [5, 5.41) is 11.6. The van der Waals surface area contributed by atoms with E-state index in [-0.39, 0.29) is 5.02 Å². The molecule has 2 N–H and O–H groups in total. The van der Waals surface area contributed by atoms with Crippen LogP contribution in [0.3, 0.4) is 0 Å². The molecule has 0 amide bonds. The molecule has 1 heterocycles. The Labute approximate surface area is 125 Å². The molecule has 0 unspecified atom stereocenters. The SMILES string of the molecule is Cc1ccc(N)c(-c2nnnn2-c2ccc(F)c(Cl)c2)c1. The van der Waals surface area contributed by atoms with Gasteiger partial charge in [-0.3, -0.25) is 0 Å². The van der Waals surface area contributed by atoms with Gasteiger partial charge in [-0.15, -0.1) is 5.10 Å². The fourth-order valence-corrected chi connectivity index (χ4v) is 2.18. The summed E-state index contributed by atoms with van der Waals surface area (Å²) in [6.07, 6.45) is 0. The lowest BCUT2D eigenvalue weighted by atomic mass is 10.1. The average molecular weight is 304 g/mol. The van der Waals surface area contributed by atoms with Crippen LogP contribution < -0.4 is 5.73 Å². The minimum Gasteiger partial charge on any atom is -0.398 e. The molecule has 0 fully saturated rings. The summed E-state index contributed by atoms with van der Waals surface area (Å²) in [7, 11) is 0. The first-order valence-corrected chi connectivity index (χ1v) is 6.54. The van der Waals surface area contributed by atoms with Crippen LogP contribution in [-0.2, 0) is 0 Å². The molecule has 2 aromatic carbocycles. The van der Waals surface area contributed by atoms with Crippen LogP contribution in [0.2, 0.25) is 5.02 Å². The molecule has 0 bridgehead atoms. The Kier molecular flexibility index (Phi) is 3.31. The van der Waals surface area contributed by atoms with Gasteiger partial charge in [0.2, 0.25) is 0 Å². The Hall–Kier alpha value is -2.47. The van der Waals surface area contributed by atoms with E-state index in [0.29, 0.717) is 22.8 Å². The maximum Gasteiger partial charge on any atom is 0.189 e. The molecule has 3 aromatic rings. The summed E-state index contributed by atoms with van der Waals surface area (Å²) < 4.78 is 14.7. The van der Waals surface area contributed by atoms with Gasteiger partial charge < -0.3 is 5.73 Å². The molecule has 0 atom stereocenters. The van der Waals surface area contributed by atoms with Crippen molar-refractivity contribution in [2.75, 3.05) is 5.73 Å². The van der Waals surface area contributed by atoms with E-state index < -0.39 is 5.82 Å². The Morgan fingerprint density at radius 3 is 2.76 bits per heavy atom. The fraction of sp³-hybridized carbons (Fsp3) is 0.0714. The van der Waals surface area contributed by atoms with E-state index in [1.165, 1.54) is 16.8 Å². The van der Waals surface area contributed by atoms with Crippen LogP contribution in [0.4, 0.5) is 10.1 Å². The Bertz CT molecular complexity index is 815. The van der Waals surface area contributed by atoms with E-state index in [0.717, 1.165) is 5.56 Å². The second-order valence-corrected chi connectivity index (χ2v) is 5.01. The molecule has 3 rings (SSSR count). The number of nitrogen functional groups attached to an aromatic ring is 1. The monoisotopic (exact) mass is 303 g/mol. The van der Waals surface area contributed by atoms with Gasteiger partial charge >= 0.3 is 0 Å². The lowest BCUT2D eigenvalue weighted by Crippen LogP contribution is -2.02. The molecule has 1 aromatic heterocycles. The van der Waals surface area contributed by atoms with Crippen LogP contribution >= 0.6 is 11.6 Å². The lowest BCUT2D eigenvalue weighted by molar-refractivity contribution is 0.627. The largest absolute Gasteiger partial charge is 0.398 e. The number of nitrogens with two attached hydrogens (primary N) is 1. The van der Waals surface area contributed by atoms with E-state index in [2.05, 4.69) is 15.5 Å². The molecular weight excluding hydrogens is 293 g/mol. The van der Waals surface area contributed by atoms with Crippen molar-refractivity contribution in [2.45, 2.75) is 6.92 Å². The quantitative estimate of drug-likeness (QED) is 0.739. The molecule has 0 radical (unpaired) electrons. The zero-order valence-corrected chi connectivity index (χ0v) is 11.8. The summed E-state index contributed by atoms with van der Waals surface area (Å²) >= 11 is 5.80. The van der Waals surface area contributed by atoms with Gasteiger partial charge in [-0.05, 0) is 47.7 Å². The fourth-order valence-electron chi connectivity index (χ4n) is 2.01. The normalized spacial score (nSPS) is 10.8. The minimum atomic E-state index is -0.495. The number of benzene rings is 2. The molecule has 0 saturated heterocycles. The second-order valence-electron chi connectivity index (χ2n) is 4.60. The predicted molar refractivity (Wildman–Crippen MR) is 78.7 cm³/mol. The molecule has 7 heteroatoms. The highest BCUT2D eigenvalue weighted by Crippen LogP contribution is 2.27. The van der Waals surface area contributed by atoms with Gasteiger partial charge in [-0.1, -0.05) is 23.2 Å². The summed E-state index contributed by atoms with van der Waals surface area (Å²) in [6.45, 7) is 1.95. The number of rotatable bonds is 2. The third-order valence-electron chi connectivity index (χ3n) is 3.07. The Morgan fingerprint density at radius 2 is 2.00 bits per heavy atom. The van der Waals surface area contributed by atoms with Crippen LogP contribution in [0.5, 0.6) is 0 Å². The number of hydrogen-bond donors (Lipinski definition) is 1. The zero-order chi connectivity index (χ0) is 15.0. The van der Waals surface area contributed by atoms with Crippen molar-refractivity contribution in [3.05, 3.63) is 52.8 Å². The van der Waals surface area contributed by atoms with E-state index >= 15 is 0 Å². The van der Waals surface area contributed by atoms with Gasteiger partial charge in [0, 0.05) is 11.3 Å². The second kappa shape index (κ2) is 5.14. The van der Waals surface area contributed by atoms with Gasteiger partial charge in [0.05, 0.1) is 10.7 Å². The molecule has 0 aliphatic heterocycles. The van der Waals surface area contributed by atoms with Gasteiger partial charge in [0.25, 0.3) is 0 Å². The topological polar surface area (TPSA) is 69.6 Å². The standard InChI is InChI=1S/C14H11ClFN5/c1-8-2-5-13(17)10(6-8)14-18-19-20-21(14)9-3-4-12(16)11(15)7-9/h2-7H,17H2,1H3. The zero-order valence-electron chi connectivity index (χ0n) is 11.1. The van der Waals surface area contributed by atoms with Crippen molar-refractivity contribution in [3.63, 3.8) is 0 Å². The van der Waals surface area contributed by atoms with Crippen LogP contribution in [0.1, 0.15) is 5.56 Å². The van der Waals surface area contributed by atoms with Crippen LogP contribution in [-0.4, -0.2) is 20.2 Å². The lowest BCUT2D eigenvalue weighted by Gasteiger charge is -2.08. The van der Waals surface area contributed by atoms with Crippen LogP contribution in [0.15, 0.2) is 36.4 Å². The smallest absolute Gasteiger partial charge is 0.189 e. The number of anilines is 1. The molecule has 21 heavy (non-hydrogen) atoms. The maximum absolute atomic E-state index is 13.3. The predicted octanol–water partition coefficient (Wildman–Crippen LogP) is 3.01. The van der Waals surface area contributed by atoms with E-state index in [4.69, 9.17) is 17.3 Å². The third kappa shape index (κ3) is 2.45. The third-order valence-corrected chi connectivity index (χ3v) is 3.36. The van der Waals surface area contributed by atoms with Crippen molar-refractivity contribution in [3.8, 4) is 17.1 Å². The summed E-state index contributed by atoms with van der Waals surface area (Å²) in [6, 6.07) is 9.87. The molecule has 0 spiro atoms. The molecule has 5 nitrogen and oxygen atoms in total. The van der Waals surface area contributed by atoms with Crippen LogP contribution in [0, 0.1) is 12.7 Å². The molecule has 0 aliphatic carbocycles. The highest BCUT2D eigenvalue weighted by Gasteiger charge is 2.14. The first kappa shape index (κ1) is 13.5. The van der Waals surface area contributed by atoms with Gasteiger partial charge in [0.15, 0.2) is 5.82 Å². The van der Waals surface area contributed by atoms with E-state index in [1.807, 2.05) is 19.1 Å². The highest BCUT2D eigenvalue weighted by molar-refractivity contribution is 6.30. The Balaban J connectivity index is 2.17. The summed E-state index contributed by atoms with van der Waals surface area (Å²) in [5.41, 5.74) is 8.85. The van der Waals surface area contributed by atoms with Crippen molar-refractivity contribution >= 4 is 17.3 Å². The molecule has 0 aliphatic rings. The number of aryl methyl sites for hydroxylation is 1. The average Bonchev–Trinajstić information content (AvgIpc) is 2.93. The van der Waals surface area contributed by atoms with Crippen molar-refractivity contribution in [1.29, 1.82) is 0 Å². The van der Waals surface area contributed by atoms with E-state index in [1.54, 1.807) is 12.1 Å². The van der Waals surface area contributed by atoms with E-state index in [9.17, 15) is 4.39 Å². The number of halogens is 2. The molecule has 0 saturated carbocycles. The maximum atomic E-state index is 13.3. The Morgan fingerprint density at radius 1 is 1.19 bits per heavy atom. The van der Waals surface area contributed by atoms with Gasteiger partial charge in [-0.2, -0.15) is 4.68 Å². The van der Waals surface area contributed by atoms with Crippen LogP contribution in [0.25, 0.3) is 17.1 Å². The van der Waals surface area contributed by atoms with Gasteiger partial charge in [-0.25, -0.2) is 4.39 Å². The van der Waals surface area contributed by atoms with Gasteiger partial charge in [0.1, 0.15) is 5.82 Å². The van der Waals surface area contributed by atoms with Crippen molar-refractivity contribution in [2.24, 2.45) is 0 Å². The number of aromatic nitrogens is 4. The number of tetrazole rings is 1. The highest BCUT2D eigenvalue weighted by atomic mass is 35.5. The molecule has 106 valence electrons. The molecular formula is C14H11ClFN5. The summed E-state index contributed by atoms with van der Waals surface area (Å²) in [4.78, 5) is 0. The number of nitrogens with zero attached hydrogens (tertiary/aromatic N) is 4. The minimum absolute atomic E-state index is 0.00571. The first-order valence-electron chi connectivity index (χ1n) is 6.16.